The molecule has 4 nitrogen and oxygen atoms in total. The van der Waals surface area contributed by atoms with Crippen LogP contribution in [0.15, 0.2) is 40.1 Å². The van der Waals surface area contributed by atoms with Crippen LogP contribution in [0.5, 0.6) is 0 Å². The molecular formula is C11H7F3N2O2. The van der Waals surface area contributed by atoms with E-state index in [2.05, 4.69) is 4.98 Å². The number of alkyl halides is 3. The maximum Gasteiger partial charge on any atom is 0.416 e. The largest absolute Gasteiger partial charge is 0.416 e. The van der Waals surface area contributed by atoms with Gasteiger partial charge in [0.15, 0.2) is 0 Å². The number of aromatic nitrogens is 2. The van der Waals surface area contributed by atoms with Crippen molar-refractivity contribution in [2.24, 2.45) is 0 Å². The lowest BCUT2D eigenvalue weighted by Gasteiger charge is -2.08. The fourth-order valence-corrected chi connectivity index (χ4v) is 1.49. The number of hydrogen-bond donors (Lipinski definition) is 2. The minimum atomic E-state index is -4.48. The molecule has 2 aromatic rings. The minimum Gasteiger partial charge on any atom is -0.313 e. The van der Waals surface area contributed by atoms with E-state index in [1.165, 1.54) is 12.1 Å². The van der Waals surface area contributed by atoms with Crippen molar-refractivity contribution in [2.45, 2.75) is 6.18 Å². The summed E-state index contributed by atoms with van der Waals surface area (Å²) in [5.74, 6) is 0. The van der Waals surface area contributed by atoms with Gasteiger partial charge in [-0.3, -0.25) is 9.78 Å². The number of halogens is 3. The molecule has 0 aliphatic carbocycles. The summed E-state index contributed by atoms with van der Waals surface area (Å²) in [7, 11) is 0. The van der Waals surface area contributed by atoms with Crippen LogP contribution < -0.4 is 11.2 Å². The van der Waals surface area contributed by atoms with E-state index >= 15 is 0 Å². The molecule has 0 atom stereocenters. The Balaban J connectivity index is 2.58. The highest BCUT2D eigenvalue weighted by atomic mass is 19.4. The van der Waals surface area contributed by atoms with Gasteiger partial charge in [-0.05, 0) is 17.7 Å². The van der Waals surface area contributed by atoms with Crippen molar-refractivity contribution in [3.05, 3.63) is 56.9 Å². The molecule has 18 heavy (non-hydrogen) atoms. The van der Waals surface area contributed by atoms with E-state index in [9.17, 15) is 22.8 Å². The summed E-state index contributed by atoms with van der Waals surface area (Å²) < 4.78 is 37.5. The zero-order valence-corrected chi connectivity index (χ0v) is 8.84. The molecule has 0 saturated carbocycles. The van der Waals surface area contributed by atoms with Crippen molar-refractivity contribution in [3.8, 4) is 11.1 Å². The molecule has 0 radical (unpaired) electrons. The van der Waals surface area contributed by atoms with Crippen LogP contribution in [0.3, 0.4) is 0 Å². The second kappa shape index (κ2) is 4.17. The molecule has 2 N–H and O–H groups in total. The van der Waals surface area contributed by atoms with Crippen LogP contribution in [0, 0.1) is 0 Å². The van der Waals surface area contributed by atoms with Crippen molar-refractivity contribution in [1.29, 1.82) is 0 Å². The highest BCUT2D eigenvalue weighted by Gasteiger charge is 2.30. The molecule has 0 spiro atoms. The maximum absolute atomic E-state index is 12.5. The zero-order valence-electron chi connectivity index (χ0n) is 8.84. The SMILES string of the molecule is O=c1[nH]cc(-c2cccc(C(F)(F)F)c2)c(=O)[nH]1. The fourth-order valence-electron chi connectivity index (χ4n) is 1.49. The van der Waals surface area contributed by atoms with Crippen LogP contribution in [0.1, 0.15) is 5.56 Å². The van der Waals surface area contributed by atoms with Gasteiger partial charge in [0.05, 0.1) is 11.1 Å². The Kier molecular flexibility index (Phi) is 2.82. The molecule has 94 valence electrons. The standard InChI is InChI=1S/C11H7F3N2O2/c12-11(13,14)7-3-1-2-6(4-7)8-5-15-10(18)16-9(8)17/h1-5H,(H2,15,16,17,18). The number of benzene rings is 1. The molecule has 0 aliphatic heterocycles. The van der Waals surface area contributed by atoms with Gasteiger partial charge in [0.2, 0.25) is 0 Å². The third-order valence-electron chi connectivity index (χ3n) is 2.32. The number of hydrogen-bond acceptors (Lipinski definition) is 2. The summed E-state index contributed by atoms with van der Waals surface area (Å²) in [6.45, 7) is 0. The van der Waals surface area contributed by atoms with Crippen LogP contribution in [-0.2, 0) is 6.18 Å². The highest BCUT2D eigenvalue weighted by molar-refractivity contribution is 5.62. The molecule has 1 aromatic carbocycles. The third-order valence-corrected chi connectivity index (χ3v) is 2.32. The summed E-state index contributed by atoms with van der Waals surface area (Å²) in [6.07, 6.45) is -3.40. The first-order chi connectivity index (χ1) is 8.38. The minimum absolute atomic E-state index is 0.0271. The summed E-state index contributed by atoms with van der Waals surface area (Å²) >= 11 is 0. The second-order valence-corrected chi connectivity index (χ2v) is 3.56. The Morgan fingerprint density at radius 1 is 1.11 bits per heavy atom. The predicted octanol–water partition coefficient (Wildman–Crippen LogP) is 1.75. The Morgan fingerprint density at radius 2 is 1.83 bits per heavy atom. The molecule has 0 saturated heterocycles. The van der Waals surface area contributed by atoms with E-state index in [4.69, 9.17) is 0 Å². The molecule has 7 heteroatoms. The first-order valence-electron chi connectivity index (χ1n) is 4.87. The molecule has 0 aliphatic rings. The van der Waals surface area contributed by atoms with Crippen LogP contribution >= 0.6 is 0 Å². The highest BCUT2D eigenvalue weighted by Crippen LogP contribution is 2.31. The molecule has 0 fully saturated rings. The quantitative estimate of drug-likeness (QED) is 0.816. The van der Waals surface area contributed by atoms with Crippen LogP contribution in [0.25, 0.3) is 11.1 Å². The summed E-state index contributed by atoms with van der Waals surface area (Å²) in [5, 5.41) is 0. The molecular weight excluding hydrogens is 249 g/mol. The Hall–Kier alpha value is -2.31. The van der Waals surface area contributed by atoms with Gasteiger partial charge in [-0.2, -0.15) is 13.2 Å². The molecule has 0 amide bonds. The van der Waals surface area contributed by atoms with Crippen LogP contribution in [0.4, 0.5) is 13.2 Å². The molecule has 1 aromatic heterocycles. The van der Waals surface area contributed by atoms with E-state index in [1.807, 2.05) is 4.98 Å². The topological polar surface area (TPSA) is 65.7 Å². The average Bonchev–Trinajstić information content (AvgIpc) is 2.28. The number of H-pyrrole nitrogens is 2. The lowest BCUT2D eigenvalue weighted by Crippen LogP contribution is -2.22. The van der Waals surface area contributed by atoms with E-state index in [0.717, 1.165) is 18.3 Å². The smallest absolute Gasteiger partial charge is 0.313 e. The lowest BCUT2D eigenvalue weighted by atomic mass is 10.1. The normalized spacial score (nSPS) is 11.5. The van der Waals surface area contributed by atoms with Crippen LogP contribution in [-0.4, -0.2) is 9.97 Å². The van der Waals surface area contributed by atoms with Crippen molar-refractivity contribution in [3.63, 3.8) is 0 Å². The van der Waals surface area contributed by atoms with Crippen molar-refractivity contribution in [1.82, 2.24) is 9.97 Å². The zero-order chi connectivity index (χ0) is 13.3. The van der Waals surface area contributed by atoms with E-state index in [0.29, 0.717) is 0 Å². The van der Waals surface area contributed by atoms with E-state index in [1.54, 1.807) is 0 Å². The summed E-state index contributed by atoms with van der Waals surface area (Å²) in [4.78, 5) is 26.4. The number of nitrogens with one attached hydrogen (secondary N) is 2. The van der Waals surface area contributed by atoms with Gasteiger partial charge in [-0.25, -0.2) is 4.79 Å². The molecule has 2 rings (SSSR count). The van der Waals surface area contributed by atoms with Crippen molar-refractivity contribution in [2.75, 3.05) is 0 Å². The first kappa shape index (κ1) is 12.2. The summed E-state index contributed by atoms with van der Waals surface area (Å²) in [6, 6.07) is 4.31. The second-order valence-electron chi connectivity index (χ2n) is 3.56. The van der Waals surface area contributed by atoms with Crippen molar-refractivity contribution < 1.29 is 13.2 Å². The summed E-state index contributed by atoms with van der Waals surface area (Å²) in [5.41, 5.74) is -2.25. The van der Waals surface area contributed by atoms with Gasteiger partial charge in [0.25, 0.3) is 5.56 Å². The first-order valence-corrected chi connectivity index (χ1v) is 4.87. The van der Waals surface area contributed by atoms with Gasteiger partial charge in [-0.1, -0.05) is 12.1 Å². The lowest BCUT2D eigenvalue weighted by molar-refractivity contribution is -0.137. The maximum atomic E-state index is 12.5. The van der Waals surface area contributed by atoms with Gasteiger partial charge in [0, 0.05) is 6.20 Å². The van der Waals surface area contributed by atoms with Crippen LogP contribution in [0.2, 0.25) is 0 Å². The third kappa shape index (κ3) is 2.34. The van der Waals surface area contributed by atoms with E-state index in [-0.39, 0.29) is 11.1 Å². The van der Waals surface area contributed by atoms with Crippen molar-refractivity contribution >= 4 is 0 Å². The Morgan fingerprint density at radius 3 is 2.44 bits per heavy atom. The van der Waals surface area contributed by atoms with Gasteiger partial charge in [0.1, 0.15) is 0 Å². The molecule has 0 unspecified atom stereocenters. The van der Waals surface area contributed by atoms with Gasteiger partial charge < -0.3 is 4.98 Å². The molecule has 0 bridgehead atoms. The van der Waals surface area contributed by atoms with E-state index < -0.39 is 23.0 Å². The number of rotatable bonds is 1. The monoisotopic (exact) mass is 256 g/mol. The Labute approximate surface area is 98.1 Å². The number of aromatic amines is 2. The van der Waals surface area contributed by atoms with Gasteiger partial charge in [-0.15, -0.1) is 0 Å². The fraction of sp³-hybridized carbons (Fsp3) is 0.0909. The average molecular weight is 256 g/mol. The Bertz CT molecular complexity index is 685. The predicted molar refractivity (Wildman–Crippen MR) is 58.1 cm³/mol. The molecule has 1 heterocycles. The van der Waals surface area contributed by atoms with Gasteiger partial charge >= 0.3 is 11.9 Å².